The first-order valence-corrected chi connectivity index (χ1v) is 10.1. The van der Waals surface area contributed by atoms with Gasteiger partial charge in [-0.2, -0.15) is 0 Å². The van der Waals surface area contributed by atoms with E-state index in [0.29, 0.717) is 37.2 Å². The quantitative estimate of drug-likeness (QED) is 0.803. The Bertz CT molecular complexity index is 893. The van der Waals surface area contributed by atoms with Crippen LogP contribution in [0.5, 0.6) is 11.5 Å². The summed E-state index contributed by atoms with van der Waals surface area (Å²) in [5.74, 6) is 1.62. The number of piperidine rings is 1. The fraction of sp³-hybridized carbons (Fsp3) is 0.455. The smallest absolute Gasteiger partial charge is 0.256 e. The summed E-state index contributed by atoms with van der Waals surface area (Å²) >= 11 is 0. The van der Waals surface area contributed by atoms with E-state index in [0.717, 1.165) is 24.2 Å². The van der Waals surface area contributed by atoms with Crippen molar-refractivity contribution in [3.8, 4) is 11.5 Å². The van der Waals surface area contributed by atoms with E-state index in [9.17, 15) is 9.18 Å². The molecule has 29 heavy (non-hydrogen) atoms. The summed E-state index contributed by atoms with van der Waals surface area (Å²) in [5, 5.41) is 0. The van der Waals surface area contributed by atoms with Gasteiger partial charge in [0.15, 0.2) is 0 Å². The lowest BCUT2D eigenvalue weighted by molar-refractivity contribution is 0.0707. The zero-order chi connectivity index (χ0) is 20.4. The van der Waals surface area contributed by atoms with Gasteiger partial charge in [-0.1, -0.05) is 0 Å². The van der Waals surface area contributed by atoms with Crippen LogP contribution in [0.1, 0.15) is 47.5 Å². The Labute approximate surface area is 169 Å². The van der Waals surface area contributed by atoms with Gasteiger partial charge in [0, 0.05) is 37.0 Å². The molecule has 0 radical (unpaired) electrons. The van der Waals surface area contributed by atoms with Crippen molar-refractivity contribution in [3.63, 3.8) is 0 Å². The van der Waals surface area contributed by atoms with Crippen LogP contribution in [-0.2, 0) is 0 Å². The lowest BCUT2D eigenvalue weighted by Gasteiger charge is -2.32. The van der Waals surface area contributed by atoms with E-state index in [-0.39, 0.29) is 17.4 Å². The van der Waals surface area contributed by atoms with Crippen LogP contribution in [-0.4, -0.2) is 42.6 Å². The van der Waals surface area contributed by atoms with Gasteiger partial charge in [0.2, 0.25) is 0 Å². The number of halogens is 1. The number of nitrogen functional groups attached to an aromatic ring is 1. The molecule has 0 spiro atoms. The highest BCUT2D eigenvalue weighted by molar-refractivity contribution is 5.94. The summed E-state index contributed by atoms with van der Waals surface area (Å²) in [4.78, 5) is 18.7. The molecule has 1 saturated heterocycles. The predicted octanol–water partition coefficient (Wildman–Crippen LogP) is 3.62. The van der Waals surface area contributed by atoms with Crippen LogP contribution in [0.3, 0.4) is 0 Å². The molecule has 1 saturated carbocycles. The molecule has 6 nitrogen and oxygen atoms in total. The molecule has 0 atom stereocenters. The van der Waals surface area contributed by atoms with Crippen molar-refractivity contribution < 1.29 is 18.7 Å². The monoisotopic (exact) mass is 399 g/mol. The van der Waals surface area contributed by atoms with Crippen LogP contribution < -0.4 is 15.2 Å². The second-order valence-electron chi connectivity index (χ2n) is 7.81. The normalized spacial score (nSPS) is 17.2. The number of benzene rings is 1. The van der Waals surface area contributed by atoms with Gasteiger partial charge in [0.1, 0.15) is 23.1 Å². The van der Waals surface area contributed by atoms with Gasteiger partial charge in [-0.25, -0.2) is 9.37 Å². The Morgan fingerprint density at radius 3 is 2.66 bits per heavy atom. The van der Waals surface area contributed by atoms with Crippen molar-refractivity contribution in [2.24, 2.45) is 5.92 Å². The minimum absolute atomic E-state index is 0.0916. The highest BCUT2D eigenvalue weighted by Crippen LogP contribution is 2.35. The Morgan fingerprint density at radius 1 is 1.24 bits per heavy atom. The fourth-order valence-corrected chi connectivity index (χ4v) is 3.77. The number of amides is 1. The Hall–Kier alpha value is -2.83. The molecule has 2 aliphatic rings. The number of methoxy groups -OCH3 is 1. The van der Waals surface area contributed by atoms with Crippen molar-refractivity contribution in [2.75, 3.05) is 32.5 Å². The van der Waals surface area contributed by atoms with Crippen LogP contribution in [0.4, 0.5) is 10.2 Å². The van der Waals surface area contributed by atoms with Gasteiger partial charge in [-0.05, 0) is 49.7 Å². The highest BCUT2D eigenvalue weighted by atomic mass is 19.1. The number of hydrogen-bond donors (Lipinski definition) is 1. The van der Waals surface area contributed by atoms with E-state index in [1.165, 1.54) is 25.0 Å². The standard InChI is InChI=1S/C22H26FN3O3/c1-28-20-11-21(24)25-12-18(20)15-6-8-26(9-7-15)22(27)17-5-4-16(10-19(17)23)29-13-14-2-3-14/h4-5,10-12,14-15H,2-3,6-9,13H2,1H3,(H2,24,25). The molecular formula is C22H26FN3O3. The Kier molecular flexibility index (Phi) is 5.56. The molecule has 1 aromatic carbocycles. The number of likely N-dealkylation sites (tertiary alicyclic amines) is 1. The second kappa shape index (κ2) is 8.27. The van der Waals surface area contributed by atoms with Crippen LogP contribution >= 0.6 is 0 Å². The molecule has 4 rings (SSSR count). The van der Waals surface area contributed by atoms with Crippen molar-refractivity contribution in [2.45, 2.75) is 31.6 Å². The van der Waals surface area contributed by atoms with Crippen molar-refractivity contribution in [1.29, 1.82) is 0 Å². The maximum absolute atomic E-state index is 14.5. The minimum Gasteiger partial charge on any atom is -0.496 e. The number of nitrogens with zero attached hydrogens (tertiary/aromatic N) is 2. The lowest BCUT2D eigenvalue weighted by atomic mass is 9.89. The summed E-state index contributed by atoms with van der Waals surface area (Å²) in [6.45, 7) is 1.72. The lowest BCUT2D eigenvalue weighted by Crippen LogP contribution is -2.38. The molecule has 154 valence electrons. The third-order valence-electron chi connectivity index (χ3n) is 5.71. The topological polar surface area (TPSA) is 77.7 Å². The SMILES string of the molecule is COc1cc(N)ncc1C1CCN(C(=O)c2ccc(OCC3CC3)cc2F)CC1. The molecule has 1 amide bonds. The van der Waals surface area contributed by atoms with Gasteiger partial charge >= 0.3 is 0 Å². The second-order valence-corrected chi connectivity index (χ2v) is 7.81. The molecular weight excluding hydrogens is 373 g/mol. The first-order valence-electron chi connectivity index (χ1n) is 10.1. The molecule has 1 aromatic heterocycles. The number of pyridine rings is 1. The van der Waals surface area contributed by atoms with E-state index in [4.69, 9.17) is 15.2 Å². The molecule has 0 unspecified atom stereocenters. The number of rotatable bonds is 6. The van der Waals surface area contributed by atoms with E-state index < -0.39 is 5.82 Å². The number of hydrogen-bond acceptors (Lipinski definition) is 5. The van der Waals surface area contributed by atoms with Crippen LogP contribution in [0, 0.1) is 11.7 Å². The third-order valence-corrected chi connectivity index (χ3v) is 5.71. The molecule has 0 bridgehead atoms. The maximum Gasteiger partial charge on any atom is 0.256 e. The zero-order valence-corrected chi connectivity index (χ0v) is 16.6. The van der Waals surface area contributed by atoms with E-state index in [2.05, 4.69) is 4.98 Å². The molecule has 2 aromatic rings. The van der Waals surface area contributed by atoms with E-state index in [1.54, 1.807) is 30.3 Å². The summed E-state index contributed by atoms with van der Waals surface area (Å²) < 4.78 is 25.5. The van der Waals surface area contributed by atoms with Gasteiger partial charge in [0.05, 0.1) is 19.3 Å². The van der Waals surface area contributed by atoms with Crippen molar-refractivity contribution in [1.82, 2.24) is 9.88 Å². The van der Waals surface area contributed by atoms with Gasteiger partial charge < -0.3 is 20.1 Å². The average molecular weight is 399 g/mol. The highest BCUT2D eigenvalue weighted by Gasteiger charge is 2.28. The van der Waals surface area contributed by atoms with Crippen molar-refractivity contribution >= 4 is 11.7 Å². The number of ether oxygens (including phenoxy) is 2. The molecule has 1 aliphatic heterocycles. The number of aromatic nitrogens is 1. The number of nitrogens with two attached hydrogens (primary N) is 1. The number of anilines is 1. The largest absolute Gasteiger partial charge is 0.496 e. The summed E-state index contributed by atoms with van der Waals surface area (Å²) in [5.41, 5.74) is 6.82. The summed E-state index contributed by atoms with van der Waals surface area (Å²) in [6.07, 6.45) is 5.62. The Morgan fingerprint density at radius 2 is 2.00 bits per heavy atom. The summed E-state index contributed by atoms with van der Waals surface area (Å²) in [7, 11) is 1.61. The average Bonchev–Trinajstić information content (AvgIpc) is 3.56. The molecule has 2 fully saturated rings. The predicted molar refractivity (Wildman–Crippen MR) is 108 cm³/mol. The van der Waals surface area contributed by atoms with Crippen LogP contribution in [0.2, 0.25) is 0 Å². The maximum atomic E-state index is 14.5. The first kappa shape index (κ1) is 19.5. The zero-order valence-electron chi connectivity index (χ0n) is 16.6. The fourth-order valence-electron chi connectivity index (χ4n) is 3.77. The van der Waals surface area contributed by atoms with Gasteiger partial charge in [-0.15, -0.1) is 0 Å². The van der Waals surface area contributed by atoms with Crippen LogP contribution in [0.15, 0.2) is 30.5 Å². The molecule has 7 heteroatoms. The van der Waals surface area contributed by atoms with Crippen LogP contribution in [0.25, 0.3) is 0 Å². The Balaban J connectivity index is 1.38. The molecule has 2 heterocycles. The van der Waals surface area contributed by atoms with Gasteiger partial charge in [-0.3, -0.25) is 4.79 Å². The molecule has 2 N–H and O–H groups in total. The first-order chi connectivity index (χ1) is 14.0. The minimum atomic E-state index is -0.533. The third kappa shape index (κ3) is 4.44. The number of carbonyl (C=O) groups excluding carboxylic acids is 1. The summed E-state index contributed by atoms with van der Waals surface area (Å²) in [6, 6.07) is 6.23. The van der Waals surface area contributed by atoms with Gasteiger partial charge in [0.25, 0.3) is 5.91 Å². The molecule has 1 aliphatic carbocycles. The van der Waals surface area contributed by atoms with E-state index >= 15 is 0 Å². The number of carbonyl (C=O) groups is 1. The van der Waals surface area contributed by atoms with E-state index in [1.807, 2.05) is 0 Å². The van der Waals surface area contributed by atoms with Crippen molar-refractivity contribution in [3.05, 3.63) is 47.4 Å².